The molecular weight excluding hydrogens is 466 g/mol. The zero-order chi connectivity index (χ0) is 26.1. The van der Waals surface area contributed by atoms with Gasteiger partial charge in [-0.1, -0.05) is 38.1 Å². The van der Waals surface area contributed by atoms with Crippen LogP contribution in [0, 0.1) is 17.2 Å². The van der Waals surface area contributed by atoms with Gasteiger partial charge in [0.05, 0.1) is 31.0 Å². The Kier molecular flexibility index (Phi) is 7.31. The van der Waals surface area contributed by atoms with E-state index in [-0.39, 0.29) is 24.3 Å². The van der Waals surface area contributed by atoms with Gasteiger partial charge in [0.1, 0.15) is 6.54 Å². The second-order valence-corrected chi connectivity index (χ2v) is 10.5. The second-order valence-electron chi connectivity index (χ2n) is 10.5. The Hall–Kier alpha value is -3.22. The molecule has 0 saturated carbocycles. The van der Waals surface area contributed by atoms with Crippen molar-refractivity contribution in [2.24, 2.45) is 13.0 Å². The van der Waals surface area contributed by atoms with E-state index in [2.05, 4.69) is 71.0 Å². The van der Waals surface area contributed by atoms with Gasteiger partial charge in [0.2, 0.25) is 0 Å². The van der Waals surface area contributed by atoms with E-state index in [0.717, 1.165) is 45.6 Å². The highest BCUT2D eigenvalue weighted by Gasteiger charge is 2.37. The fourth-order valence-electron chi connectivity index (χ4n) is 5.77. The van der Waals surface area contributed by atoms with Crippen LogP contribution >= 0.6 is 0 Å². The van der Waals surface area contributed by atoms with Gasteiger partial charge in [-0.05, 0) is 37.3 Å². The quantitative estimate of drug-likeness (QED) is 0.466. The standard InChI is InChI=1S/C28H37N7O2/c1-5-23-15-35(27-26-25(32(4)28(36)30-27)16-33(31-26)12-11-29)24(6-2)14-34(23)19(3)22-9-7-20(8-10-22)13-21-17-37-18-21/h7-10,16,19,21,23-24H,5-6,12-15,17-18H2,1-4H3/t19?,23-,24+/m1/s1. The van der Waals surface area contributed by atoms with E-state index in [1.54, 1.807) is 17.9 Å². The number of nitriles is 1. The molecule has 2 aromatic heterocycles. The number of aromatic nitrogens is 4. The Bertz CT molecular complexity index is 1340. The normalized spacial score (nSPS) is 21.6. The summed E-state index contributed by atoms with van der Waals surface area (Å²) in [5, 5.41) is 13.8. The van der Waals surface area contributed by atoms with Crippen molar-refractivity contribution < 1.29 is 4.74 Å². The fourth-order valence-corrected chi connectivity index (χ4v) is 5.77. The van der Waals surface area contributed by atoms with Crippen LogP contribution in [-0.2, 0) is 24.8 Å². The number of nitrogens with zero attached hydrogens (tertiary/aromatic N) is 7. The van der Waals surface area contributed by atoms with Crippen molar-refractivity contribution in [1.29, 1.82) is 5.26 Å². The number of hydrogen-bond acceptors (Lipinski definition) is 7. The molecular formula is C28H37N7O2. The molecule has 2 aliphatic heterocycles. The molecule has 9 heteroatoms. The van der Waals surface area contributed by atoms with Gasteiger partial charge in [0.25, 0.3) is 0 Å². The lowest BCUT2D eigenvalue weighted by Gasteiger charge is -2.49. The van der Waals surface area contributed by atoms with E-state index < -0.39 is 0 Å². The molecule has 0 amide bonds. The van der Waals surface area contributed by atoms with Gasteiger partial charge in [-0.3, -0.25) is 14.1 Å². The lowest BCUT2D eigenvalue weighted by Crippen LogP contribution is -2.59. The summed E-state index contributed by atoms with van der Waals surface area (Å²) in [6.45, 7) is 10.3. The average Bonchev–Trinajstić information content (AvgIpc) is 3.32. The van der Waals surface area contributed by atoms with Gasteiger partial charge in [0.15, 0.2) is 11.3 Å². The molecule has 2 fully saturated rings. The first-order valence-electron chi connectivity index (χ1n) is 13.4. The molecule has 0 radical (unpaired) electrons. The number of piperazine rings is 1. The smallest absolute Gasteiger partial charge is 0.349 e. The molecule has 37 heavy (non-hydrogen) atoms. The highest BCUT2D eigenvalue weighted by molar-refractivity contribution is 5.85. The Balaban J connectivity index is 1.41. The summed E-state index contributed by atoms with van der Waals surface area (Å²) in [6.07, 6.45) is 4.78. The lowest BCUT2D eigenvalue weighted by atomic mass is 9.94. The van der Waals surface area contributed by atoms with Crippen LogP contribution in [0.4, 0.5) is 5.82 Å². The lowest BCUT2D eigenvalue weighted by molar-refractivity contribution is -0.0312. The third-order valence-electron chi connectivity index (χ3n) is 8.18. The van der Waals surface area contributed by atoms with Crippen molar-refractivity contribution in [2.45, 2.75) is 64.7 Å². The molecule has 9 nitrogen and oxygen atoms in total. The molecule has 2 saturated heterocycles. The van der Waals surface area contributed by atoms with Crippen molar-refractivity contribution in [2.75, 3.05) is 31.2 Å². The van der Waals surface area contributed by atoms with E-state index in [1.807, 2.05) is 0 Å². The highest BCUT2D eigenvalue weighted by atomic mass is 16.5. The molecule has 0 aliphatic carbocycles. The Labute approximate surface area is 218 Å². The number of rotatable bonds is 8. The van der Waals surface area contributed by atoms with Gasteiger partial charge < -0.3 is 9.64 Å². The number of benzene rings is 1. The summed E-state index contributed by atoms with van der Waals surface area (Å²) in [5.74, 6) is 1.30. The van der Waals surface area contributed by atoms with Crippen LogP contribution in [-0.4, -0.2) is 62.6 Å². The maximum atomic E-state index is 12.8. The van der Waals surface area contributed by atoms with Crippen molar-refractivity contribution in [1.82, 2.24) is 24.2 Å². The highest BCUT2D eigenvalue weighted by Crippen LogP contribution is 2.33. The zero-order valence-electron chi connectivity index (χ0n) is 22.3. The molecule has 3 atom stereocenters. The third-order valence-corrected chi connectivity index (χ3v) is 8.18. The first kappa shape index (κ1) is 25.4. The molecule has 1 unspecified atom stereocenters. The second kappa shape index (κ2) is 10.6. The predicted molar refractivity (Wildman–Crippen MR) is 143 cm³/mol. The van der Waals surface area contributed by atoms with Crippen molar-refractivity contribution in [3.63, 3.8) is 0 Å². The fraction of sp³-hybridized carbons (Fsp3) is 0.571. The SMILES string of the molecule is CC[C@H]1CN(C(C)c2ccc(CC3COC3)cc2)[C@H](CC)CN1c1nc(=O)n(C)c2cn(CC#N)nc12. The number of fused-ring (bicyclic) bond motifs is 1. The summed E-state index contributed by atoms with van der Waals surface area (Å²) in [4.78, 5) is 22.2. The van der Waals surface area contributed by atoms with E-state index in [9.17, 15) is 4.79 Å². The molecule has 196 valence electrons. The summed E-state index contributed by atoms with van der Waals surface area (Å²) >= 11 is 0. The molecule has 4 heterocycles. The first-order valence-corrected chi connectivity index (χ1v) is 13.4. The Morgan fingerprint density at radius 1 is 1.14 bits per heavy atom. The van der Waals surface area contributed by atoms with Crippen LogP contribution in [0.1, 0.15) is 50.8 Å². The molecule has 0 N–H and O–H groups in total. The Morgan fingerprint density at radius 3 is 2.49 bits per heavy atom. The van der Waals surface area contributed by atoms with Crippen LogP contribution in [0.2, 0.25) is 0 Å². The van der Waals surface area contributed by atoms with Gasteiger partial charge in [-0.25, -0.2) is 4.79 Å². The predicted octanol–water partition coefficient (Wildman–Crippen LogP) is 3.28. The minimum Gasteiger partial charge on any atom is -0.381 e. The maximum Gasteiger partial charge on any atom is 0.349 e. The van der Waals surface area contributed by atoms with Crippen molar-refractivity contribution in [3.8, 4) is 6.07 Å². The molecule has 5 rings (SSSR count). The summed E-state index contributed by atoms with van der Waals surface area (Å²) in [7, 11) is 1.71. The minimum atomic E-state index is -0.300. The molecule has 1 aromatic carbocycles. The zero-order valence-corrected chi connectivity index (χ0v) is 22.3. The van der Waals surface area contributed by atoms with Gasteiger partial charge >= 0.3 is 5.69 Å². The maximum absolute atomic E-state index is 12.8. The summed E-state index contributed by atoms with van der Waals surface area (Å²) in [5.41, 5.74) is 3.80. The van der Waals surface area contributed by atoms with Crippen molar-refractivity contribution in [3.05, 3.63) is 52.1 Å². The minimum absolute atomic E-state index is 0.135. The number of ether oxygens (including phenoxy) is 1. The average molecular weight is 504 g/mol. The van der Waals surface area contributed by atoms with E-state index in [0.29, 0.717) is 28.8 Å². The first-order chi connectivity index (χ1) is 17.9. The van der Waals surface area contributed by atoms with Crippen LogP contribution < -0.4 is 10.6 Å². The Morgan fingerprint density at radius 2 is 1.86 bits per heavy atom. The van der Waals surface area contributed by atoms with Crippen molar-refractivity contribution >= 4 is 16.9 Å². The van der Waals surface area contributed by atoms with Gasteiger partial charge in [-0.2, -0.15) is 15.3 Å². The number of aryl methyl sites for hydroxylation is 1. The monoisotopic (exact) mass is 503 g/mol. The number of anilines is 1. The van der Waals surface area contributed by atoms with E-state index in [1.165, 1.54) is 15.7 Å². The van der Waals surface area contributed by atoms with Crippen LogP contribution in [0.15, 0.2) is 35.3 Å². The largest absolute Gasteiger partial charge is 0.381 e. The van der Waals surface area contributed by atoms with E-state index in [4.69, 9.17) is 10.00 Å². The van der Waals surface area contributed by atoms with E-state index >= 15 is 0 Å². The molecule has 0 spiro atoms. The molecule has 2 aliphatic rings. The van der Waals surface area contributed by atoms with Gasteiger partial charge in [-0.15, -0.1) is 0 Å². The topological polar surface area (TPSA) is 92.2 Å². The van der Waals surface area contributed by atoms with Gasteiger partial charge in [0, 0.05) is 44.2 Å². The number of hydrogen-bond donors (Lipinski definition) is 0. The summed E-state index contributed by atoms with van der Waals surface area (Å²) in [6, 6.07) is 12.1. The third kappa shape index (κ3) is 4.88. The summed E-state index contributed by atoms with van der Waals surface area (Å²) < 4.78 is 8.43. The van der Waals surface area contributed by atoms with Crippen LogP contribution in [0.5, 0.6) is 0 Å². The molecule has 0 bridgehead atoms. The van der Waals surface area contributed by atoms with Crippen LogP contribution in [0.25, 0.3) is 11.0 Å². The molecule has 3 aromatic rings. The van der Waals surface area contributed by atoms with Crippen LogP contribution in [0.3, 0.4) is 0 Å².